The van der Waals surface area contributed by atoms with Crippen molar-refractivity contribution in [1.82, 2.24) is 0 Å². The van der Waals surface area contributed by atoms with E-state index in [1.54, 1.807) is 0 Å². The van der Waals surface area contributed by atoms with E-state index in [-0.39, 0.29) is 0 Å². The van der Waals surface area contributed by atoms with E-state index in [2.05, 4.69) is 53.8 Å². The highest BCUT2D eigenvalue weighted by molar-refractivity contribution is 5.53. The maximum absolute atomic E-state index is 5.55. The largest absolute Gasteiger partial charge is 0.378 e. The van der Waals surface area contributed by atoms with Gasteiger partial charge in [0.15, 0.2) is 0 Å². The first-order chi connectivity index (χ1) is 9.88. The van der Waals surface area contributed by atoms with Gasteiger partial charge in [0.25, 0.3) is 0 Å². The molecule has 2 aromatic carbocycles. The molecule has 2 aromatic rings. The van der Waals surface area contributed by atoms with Crippen molar-refractivity contribution in [2.45, 2.75) is 32.4 Å². The van der Waals surface area contributed by atoms with Crippen molar-refractivity contribution in [2.24, 2.45) is 0 Å². The Kier molecular flexibility index (Phi) is 4.03. The van der Waals surface area contributed by atoms with Gasteiger partial charge in [-0.1, -0.05) is 42.5 Å². The molecule has 0 amide bonds. The minimum absolute atomic E-state index is 0.425. The maximum Gasteiger partial charge on any atom is 0.0736 e. The Labute approximate surface area is 120 Å². The fourth-order valence-corrected chi connectivity index (χ4v) is 2.89. The zero-order valence-electron chi connectivity index (χ0n) is 11.9. The smallest absolute Gasteiger partial charge is 0.0736 e. The van der Waals surface area contributed by atoms with Crippen molar-refractivity contribution in [3.8, 4) is 0 Å². The van der Waals surface area contributed by atoms with E-state index in [0.717, 1.165) is 6.61 Å². The summed E-state index contributed by atoms with van der Waals surface area (Å²) in [6, 6.07) is 17.6. The summed E-state index contributed by atoms with van der Waals surface area (Å²) in [7, 11) is 0. The minimum Gasteiger partial charge on any atom is -0.378 e. The lowest BCUT2D eigenvalue weighted by Gasteiger charge is -2.18. The van der Waals surface area contributed by atoms with Gasteiger partial charge in [-0.3, -0.25) is 0 Å². The number of ether oxygens (including phenoxy) is 1. The van der Waals surface area contributed by atoms with Gasteiger partial charge in [0, 0.05) is 17.9 Å². The number of aryl methyl sites for hydroxylation is 1. The van der Waals surface area contributed by atoms with Crippen molar-refractivity contribution in [2.75, 3.05) is 11.9 Å². The number of benzene rings is 2. The molecule has 1 aliphatic rings. The zero-order valence-corrected chi connectivity index (χ0v) is 11.9. The van der Waals surface area contributed by atoms with Crippen LogP contribution < -0.4 is 5.32 Å². The Balaban J connectivity index is 1.79. The molecule has 0 bridgehead atoms. The lowest BCUT2D eigenvalue weighted by atomic mass is 10.1. The van der Waals surface area contributed by atoms with E-state index >= 15 is 0 Å². The molecule has 2 nitrogen and oxygen atoms in total. The summed E-state index contributed by atoms with van der Waals surface area (Å²) in [6.45, 7) is 3.46. The van der Waals surface area contributed by atoms with E-state index in [4.69, 9.17) is 4.74 Å². The number of anilines is 1. The normalized spacial score (nSPS) is 16.9. The molecule has 1 atom stereocenters. The molecule has 0 saturated heterocycles. The standard InChI is InChI=1S/C18H21NO/c1-2-20-13-15-8-4-6-10-17(15)19-18-12-11-14-7-3-5-9-16(14)18/h3-10,18-19H,2,11-13H2,1H3. The third-order valence-corrected chi connectivity index (χ3v) is 3.94. The molecule has 1 unspecified atom stereocenters. The third kappa shape index (κ3) is 2.70. The van der Waals surface area contributed by atoms with E-state index in [0.29, 0.717) is 12.6 Å². The number of nitrogens with one attached hydrogen (secondary N) is 1. The maximum atomic E-state index is 5.55. The molecule has 104 valence electrons. The van der Waals surface area contributed by atoms with Crippen LogP contribution in [0.3, 0.4) is 0 Å². The Morgan fingerprint density at radius 1 is 1.10 bits per heavy atom. The van der Waals surface area contributed by atoms with Crippen LogP contribution >= 0.6 is 0 Å². The van der Waals surface area contributed by atoms with E-state index in [9.17, 15) is 0 Å². The second-order valence-electron chi connectivity index (χ2n) is 5.23. The predicted molar refractivity (Wildman–Crippen MR) is 82.9 cm³/mol. The molecule has 0 aromatic heterocycles. The average Bonchev–Trinajstić information content (AvgIpc) is 2.90. The molecule has 0 radical (unpaired) electrons. The fourth-order valence-electron chi connectivity index (χ4n) is 2.89. The lowest BCUT2D eigenvalue weighted by Crippen LogP contribution is -2.09. The highest BCUT2D eigenvalue weighted by atomic mass is 16.5. The average molecular weight is 267 g/mol. The molecule has 0 fully saturated rings. The summed E-state index contributed by atoms with van der Waals surface area (Å²) < 4.78 is 5.55. The van der Waals surface area contributed by atoms with Crippen LogP contribution in [-0.2, 0) is 17.8 Å². The zero-order chi connectivity index (χ0) is 13.8. The molecule has 0 aliphatic heterocycles. The monoisotopic (exact) mass is 267 g/mol. The number of hydrogen-bond donors (Lipinski definition) is 1. The van der Waals surface area contributed by atoms with Crippen LogP contribution in [0.4, 0.5) is 5.69 Å². The molecule has 0 spiro atoms. The van der Waals surface area contributed by atoms with Crippen molar-refractivity contribution >= 4 is 5.69 Å². The molecule has 0 heterocycles. The van der Waals surface area contributed by atoms with Crippen molar-refractivity contribution < 1.29 is 4.74 Å². The van der Waals surface area contributed by atoms with Crippen molar-refractivity contribution in [1.29, 1.82) is 0 Å². The van der Waals surface area contributed by atoms with Crippen LogP contribution in [0.5, 0.6) is 0 Å². The third-order valence-electron chi connectivity index (χ3n) is 3.94. The Morgan fingerprint density at radius 2 is 1.90 bits per heavy atom. The topological polar surface area (TPSA) is 21.3 Å². The first-order valence-electron chi connectivity index (χ1n) is 7.38. The van der Waals surface area contributed by atoms with E-state index in [1.807, 2.05) is 6.92 Å². The molecule has 0 saturated carbocycles. The van der Waals surface area contributed by atoms with Crippen molar-refractivity contribution in [3.63, 3.8) is 0 Å². The van der Waals surface area contributed by atoms with Gasteiger partial charge >= 0.3 is 0 Å². The van der Waals surface area contributed by atoms with Crippen molar-refractivity contribution in [3.05, 3.63) is 65.2 Å². The lowest BCUT2D eigenvalue weighted by molar-refractivity contribution is 0.134. The van der Waals surface area contributed by atoms with Gasteiger partial charge in [0.1, 0.15) is 0 Å². The quantitative estimate of drug-likeness (QED) is 0.871. The molecule has 20 heavy (non-hydrogen) atoms. The van der Waals surface area contributed by atoms with Gasteiger partial charge in [-0.2, -0.15) is 0 Å². The van der Waals surface area contributed by atoms with Crippen LogP contribution in [0.25, 0.3) is 0 Å². The SMILES string of the molecule is CCOCc1ccccc1NC1CCc2ccccc21. The van der Waals surface area contributed by atoms with Crippen LogP contribution in [0.1, 0.15) is 36.1 Å². The number of rotatable bonds is 5. The first-order valence-corrected chi connectivity index (χ1v) is 7.38. The number of fused-ring (bicyclic) bond motifs is 1. The van der Waals surface area contributed by atoms with E-state index < -0.39 is 0 Å². The van der Waals surface area contributed by atoms with Gasteiger partial charge in [0.2, 0.25) is 0 Å². The van der Waals surface area contributed by atoms with Crippen LogP contribution in [0.15, 0.2) is 48.5 Å². The Morgan fingerprint density at radius 3 is 2.80 bits per heavy atom. The van der Waals surface area contributed by atoms with Gasteiger partial charge in [-0.05, 0) is 37.0 Å². The summed E-state index contributed by atoms with van der Waals surface area (Å²) in [5.74, 6) is 0. The van der Waals surface area contributed by atoms with Gasteiger partial charge in [0.05, 0.1) is 12.6 Å². The van der Waals surface area contributed by atoms with Gasteiger partial charge in [-0.25, -0.2) is 0 Å². The summed E-state index contributed by atoms with van der Waals surface area (Å²) >= 11 is 0. The summed E-state index contributed by atoms with van der Waals surface area (Å²) in [5, 5.41) is 3.69. The fraction of sp³-hybridized carbons (Fsp3) is 0.333. The van der Waals surface area contributed by atoms with Crippen LogP contribution in [-0.4, -0.2) is 6.61 Å². The van der Waals surface area contributed by atoms with Crippen LogP contribution in [0, 0.1) is 0 Å². The van der Waals surface area contributed by atoms with Gasteiger partial charge in [-0.15, -0.1) is 0 Å². The van der Waals surface area contributed by atoms with Crippen LogP contribution in [0.2, 0.25) is 0 Å². The molecular formula is C18H21NO. The Bertz CT molecular complexity index is 579. The molecule has 1 N–H and O–H groups in total. The number of hydrogen-bond acceptors (Lipinski definition) is 2. The number of para-hydroxylation sites is 1. The Hall–Kier alpha value is -1.80. The minimum atomic E-state index is 0.425. The molecule has 3 rings (SSSR count). The predicted octanol–water partition coefficient (Wildman–Crippen LogP) is 4.32. The second kappa shape index (κ2) is 6.10. The first kappa shape index (κ1) is 13.2. The van der Waals surface area contributed by atoms with Gasteiger partial charge < -0.3 is 10.1 Å². The molecule has 2 heteroatoms. The summed E-state index contributed by atoms with van der Waals surface area (Å²) in [5.41, 5.74) is 5.35. The second-order valence-corrected chi connectivity index (χ2v) is 5.23. The summed E-state index contributed by atoms with van der Waals surface area (Å²) in [4.78, 5) is 0. The molecule has 1 aliphatic carbocycles. The van der Waals surface area contributed by atoms with E-state index in [1.165, 1.54) is 35.2 Å². The molecular weight excluding hydrogens is 246 g/mol. The summed E-state index contributed by atoms with van der Waals surface area (Å²) in [6.07, 6.45) is 2.34. The highest BCUT2D eigenvalue weighted by Gasteiger charge is 2.22. The highest BCUT2D eigenvalue weighted by Crippen LogP contribution is 2.34.